The number of nitrogens with one attached hydrogen (secondary N) is 2. The largest absolute Gasteiger partial charge is 0.381 e. The number of imidazole rings is 1. The summed E-state index contributed by atoms with van der Waals surface area (Å²) in [4.78, 5) is 24.2. The van der Waals surface area contributed by atoms with E-state index in [2.05, 4.69) is 20.3 Å². The normalized spacial score (nSPS) is 15.4. The second-order valence-corrected chi connectivity index (χ2v) is 7.64. The van der Waals surface area contributed by atoms with Gasteiger partial charge in [-0.3, -0.25) is 4.79 Å². The number of anilines is 2. The van der Waals surface area contributed by atoms with E-state index in [1.165, 1.54) is 0 Å². The zero-order valence-corrected chi connectivity index (χ0v) is 15.4. The van der Waals surface area contributed by atoms with Gasteiger partial charge in [-0.2, -0.15) is 11.8 Å². The number of rotatable bonds is 5. The molecule has 8 heteroatoms. The minimum Gasteiger partial charge on any atom is -0.381 e. The molecule has 0 atom stereocenters. The van der Waals surface area contributed by atoms with Gasteiger partial charge in [-0.25, -0.2) is 9.97 Å². The molecule has 0 bridgehead atoms. The Morgan fingerprint density at radius 2 is 2.23 bits per heavy atom. The first-order valence-electron chi connectivity index (χ1n) is 8.66. The molecule has 3 heterocycles. The molecule has 136 valence electrons. The highest BCUT2D eigenvalue weighted by Crippen LogP contribution is 2.25. The Hall–Kier alpha value is -2.32. The second kappa shape index (κ2) is 7.51. The SMILES string of the molecule is Cn1ccnc1Nc1ccc2c(=O)[nH]c(CSC3CCOCC3)nc2c1. The van der Waals surface area contributed by atoms with E-state index in [1.807, 2.05) is 41.7 Å². The molecule has 0 spiro atoms. The monoisotopic (exact) mass is 371 g/mol. The number of hydrogen-bond donors (Lipinski definition) is 2. The number of aromatic nitrogens is 4. The van der Waals surface area contributed by atoms with Crippen molar-refractivity contribution in [1.82, 2.24) is 19.5 Å². The number of aryl methyl sites for hydroxylation is 1. The van der Waals surface area contributed by atoms with Crippen LogP contribution < -0.4 is 10.9 Å². The predicted molar refractivity (Wildman–Crippen MR) is 104 cm³/mol. The minimum atomic E-state index is -0.0962. The summed E-state index contributed by atoms with van der Waals surface area (Å²) in [6.07, 6.45) is 5.72. The van der Waals surface area contributed by atoms with Crippen LogP contribution >= 0.6 is 11.8 Å². The van der Waals surface area contributed by atoms with E-state index in [9.17, 15) is 4.79 Å². The van der Waals surface area contributed by atoms with Crippen LogP contribution in [0.25, 0.3) is 10.9 Å². The number of fused-ring (bicyclic) bond motifs is 1. The van der Waals surface area contributed by atoms with E-state index in [1.54, 1.807) is 12.3 Å². The lowest BCUT2D eigenvalue weighted by molar-refractivity contribution is 0.1000. The average molecular weight is 371 g/mol. The molecule has 4 rings (SSSR count). The molecule has 26 heavy (non-hydrogen) atoms. The van der Waals surface area contributed by atoms with Crippen molar-refractivity contribution in [2.75, 3.05) is 18.5 Å². The van der Waals surface area contributed by atoms with Crippen molar-refractivity contribution in [1.29, 1.82) is 0 Å². The minimum absolute atomic E-state index is 0.0962. The van der Waals surface area contributed by atoms with Crippen LogP contribution in [0.2, 0.25) is 0 Å². The number of hydrogen-bond acceptors (Lipinski definition) is 6. The molecule has 0 radical (unpaired) electrons. The molecule has 1 aliphatic heterocycles. The molecule has 7 nitrogen and oxygen atoms in total. The Labute approximate surface area is 155 Å². The van der Waals surface area contributed by atoms with Crippen LogP contribution in [0.1, 0.15) is 18.7 Å². The van der Waals surface area contributed by atoms with E-state index in [-0.39, 0.29) is 5.56 Å². The Morgan fingerprint density at radius 3 is 3.00 bits per heavy atom. The van der Waals surface area contributed by atoms with Crippen LogP contribution in [-0.4, -0.2) is 38.0 Å². The summed E-state index contributed by atoms with van der Waals surface area (Å²) in [5.41, 5.74) is 1.45. The summed E-state index contributed by atoms with van der Waals surface area (Å²) < 4.78 is 7.29. The maximum Gasteiger partial charge on any atom is 0.258 e. The van der Waals surface area contributed by atoms with Gasteiger partial charge in [-0.15, -0.1) is 0 Å². The summed E-state index contributed by atoms with van der Waals surface area (Å²) in [6, 6.07) is 5.55. The first kappa shape index (κ1) is 17.1. The Balaban J connectivity index is 1.55. The zero-order chi connectivity index (χ0) is 17.9. The van der Waals surface area contributed by atoms with Crippen LogP contribution in [0.3, 0.4) is 0 Å². The first-order chi connectivity index (χ1) is 12.7. The average Bonchev–Trinajstić information content (AvgIpc) is 3.05. The number of benzene rings is 1. The molecular weight excluding hydrogens is 350 g/mol. The van der Waals surface area contributed by atoms with Crippen molar-refractivity contribution in [2.45, 2.75) is 23.8 Å². The molecule has 0 amide bonds. The van der Waals surface area contributed by atoms with Gasteiger partial charge in [0.05, 0.1) is 16.7 Å². The van der Waals surface area contributed by atoms with Crippen molar-refractivity contribution in [3.8, 4) is 0 Å². The Kier molecular flexibility index (Phi) is 4.94. The lowest BCUT2D eigenvalue weighted by Gasteiger charge is -2.21. The first-order valence-corrected chi connectivity index (χ1v) is 9.70. The van der Waals surface area contributed by atoms with Gasteiger partial charge in [-0.1, -0.05) is 0 Å². The van der Waals surface area contributed by atoms with E-state index in [0.29, 0.717) is 27.7 Å². The van der Waals surface area contributed by atoms with Crippen LogP contribution in [-0.2, 0) is 17.5 Å². The molecule has 0 aliphatic carbocycles. The lowest BCUT2D eigenvalue weighted by Crippen LogP contribution is -2.18. The van der Waals surface area contributed by atoms with E-state index in [0.717, 1.165) is 37.7 Å². The maximum absolute atomic E-state index is 12.4. The lowest BCUT2D eigenvalue weighted by atomic mass is 10.2. The molecule has 1 fully saturated rings. The number of nitrogens with zero attached hydrogens (tertiary/aromatic N) is 3. The fraction of sp³-hybridized carbons (Fsp3) is 0.389. The van der Waals surface area contributed by atoms with Crippen molar-refractivity contribution >= 4 is 34.3 Å². The smallest absolute Gasteiger partial charge is 0.258 e. The van der Waals surface area contributed by atoms with Gasteiger partial charge in [0, 0.05) is 43.6 Å². The predicted octanol–water partition coefficient (Wildman–Crippen LogP) is 2.81. The van der Waals surface area contributed by atoms with Crippen molar-refractivity contribution in [3.05, 3.63) is 46.8 Å². The third kappa shape index (κ3) is 3.76. The fourth-order valence-electron chi connectivity index (χ4n) is 2.99. The summed E-state index contributed by atoms with van der Waals surface area (Å²) >= 11 is 1.84. The standard InChI is InChI=1S/C18H21N5O2S/c1-23-7-6-19-18(23)20-12-2-3-14-15(10-12)21-16(22-17(14)24)11-26-13-4-8-25-9-5-13/h2-3,6-7,10,13H,4-5,8-9,11H2,1H3,(H,19,20)(H,21,22,24). The molecule has 3 aromatic rings. The molecule has 2 aromatic heterocycles. The number of H-pyrrole nitrogens is 1. The molecular formula is C18H21N5O2S. The fourth-order valence-corrected chi connectivity index (χ4v) is 4.04. The van der Waals surface area contributed by atoms with Crippen LogP contribution in [0.4, 0.5) is 11.6 Å². The zero-order valence-electron chi connectivity index (χ0n) is 14.6. The second-order valence-electron chi connectivity index (χ2n) is 6.35. The van der Waals surface area contributed by atoms with Gasteiger partial charge >= 0.3 is 0 Å². The van der Waals surface area contributed by atoms with Gasteiger partial charge in [0.15, 0.2) is 0 Å². The van der Waals surface area contributed by atoms with Gasteiger partial charge in [0.1, 0.15) is 5.82 Å². The molecule has 0 saturated carbocycles. The van der Waals surface area contributed by atoms with E-state index in [4.69, 9.17) is 4.74 Å². The van der Waals surface area contributed by atoms with Crippen LogP contribution in [0.15, 0.2) is 35.4 Å². The summed E-state index contributed by atoms with van der Waals surface area (Å²) in [5, 5.41) is 4.41. The highest BCUT2D eigenvalue weighted by molar-refractivity contribution is 7.99. The Bertz CT molecular complexity index is 962. The number of ether oxygens (including phenoxy) is 1. The highest BCUT2D eigenvalue weighted by atomic mass is 32.2. The van der Waals surface area contributed by atoms with Crippen molar-refractivity contribution in [3.63, 3.8) is 0 Å². The van der Waals surface area contributed by atoms with Crippen molar-refractivity contribution < 1.29 is 4.74 Å². The summed E-state index contributed by atoms with van der Waals surface area (Å²) in [7, 11) is 1.92. The third-order valence-corrected chi connectivity index (χ3v) is 5.84. The molecule has 0 unspecified atom stereocenters. The third-order valence-electron chi connectivity index (χ3n) is 4.46. The van der Waals surface area contributed by atoms with E-state index < -0.39 is 0 Å². The van der Waals surface area contributed by atoms with E-state index >= 15 is 0 Å². The van der Waals surface area contributed by atoms with Crippen molar-refractivity contribution in [2.24, 2.45) is 7.05 Å². The summed E-state index contributed by atoms with van der Waals surface area (Å²) in [6.45, 7) is 1.64. The Morgan fingerprint density at radius 1 is 1.38 bits per heavy atom. The van der Waals surface area contributed by atoms with Gasteiger partial charge < -0.3 is 19.6 Å². The van der Waals surface area contributed by atoms with Crippen LogP contribution in [0.5, 0.6) is 0 Å². The topological polar surface area (TPSA) is 84.8 Å². The van der Waals surface area contributed by atoms with Gasteiger partial charge in [-0.05, 0) is 31.0 Å². The van der Waals surface area contributed by atoms with Crippen LogP contribution in [0, 0.1) is 0 Å². The molecule has 2 N–H and O–H groups in total. The maximum atomic E-state index is 12.4. The number of aromatic amines is 1. The van der Waals surface area contributed by atoms with Gasteiger partial charge in [0.25, 0.3) is 5.56 Å². The van der Waals surface area contributed by atoms with Gasteiger partial charge in [0.2, 0.25) is 5.95 Å². The molecule has 1 aromatic carbocycles. The molecule has 1 saturated heterocycles. The highest BCUT2D eigenvalue weighted by Gasteiger charge is 2.15. The quantitative estimate of drug-likeness (QED) is 0.717. The molecule has 1 aliphatic rings. The number of thioether (sulfide) groups is 1. The summed E-state index contributed by atoms with van der Waals surface area (Å²) in [5.74, 6) is 2.16.